The van der Waals surface area contributed by atoms with Gasteiger partial charge in [0, 0.05) is 6.26 Å². The number of sulfone groups is 1. The lowest BCUT2D eigenvalue weighted by atomic mass is 10.3. The first-order valence-electron chi connectivity index (χ1n) is 3.73. The molecule has 5 heteroatoms. The molecule has 0 aromatic rings. The van der Waals surface area contributed by atoms with Crippen LogP contribution in [0.5, 0.6) is 0 Å². The van der Waals surface area contributed by atoms with Gasteiger partial charge in [0.1, 0.15) is 0 Å². The van der Waals surface area contributed by atoms with Gasteiger partial charge in [-0.05, 0) is 18.8 Å². The zero-order chi connectivity index (χ0) is 9.35. The summed E-state index contributed by atoms with van der Waals surface area (Å²) in [5.74, 6) is -0.632. The SMILES string of the molecule is COC(=O)C(C1CC1)S(C)(=O)=O. The third kappa shape index (κ3) is 1.97. The zero-order valence-electron chi connectivity index (χ0n) is 7.11. The van der Waals surface area contributed by atoms with Gasteiger partial charge in [-0.15, -0.1) is 0 Å². The molecule has 0 heterocycles. The second kappa shape index (κ2) is 3.05. The highest BCUT2D eigenvalue weighted by Gasteiger charge is 2.43. The van der Waals surface area contributed by atoms with Gasteiger partial charge >= 0.3 is 5.97 Å². The summed E-state index contributed by atoms with van der Waals surface area (Å²) >= 11 is 0. The van der Waals surface area contributed by atoms with E-state index >= 15 is 0 Å². The van der Waals surface area contributed by atoms with E-state index in [0.29, 0.717) is 0 Å². The minimum atomic E-state index is -3.29. The van der Waals surface area contributed by atoms with Crippen molar-refractivity contribution in [3.8, 4) is 0 Å². The first kappa shape index (κ1) is 9.51. The summed E-state index contributed by atoms with van der Waals surface area (Å²) in [5, 5.41) is -0.928. The van der Waals surface area contributed by atoms with Gasteiger partial charge in [-0.2, -0.15) is 0 Å². The van der Waals surface area contributed by atoms with E-state index in [4.69, 9.17) is 0 Å². The number of methoxy groups -OCH3 is 1. The van der Waals surface area contributed by atoms with Crippen molar-refractivity contribution in [1.29, 1.82) is 0 Å². The largest absolute Gasteiger partial charge is 0.468 e. The highest BCUT2D eigenvalue weighted by atomic mass is 32.2. The number of esters is 1. The molecule has 4 nitrogen and oxygen atoms in total. The second-order valence-corrected chi connectivity index (χ2v) is 5.28. The van der Waals surface area contributed by atoms with Crippen molar-refractivity contribution in [2.24, 2.45) is 5.92 Å². The molecule has 0 amide bonds. The van der Waals surface area contributed by atoms with Gasteiger partial charge in [-0.3, -0.25) is 4.79 Å². The summed E-state index contributed by atoms with van der Waals surface area (Å²) in [7, 11) is -2.08. The second-order valence-electron chi connectivity index (χ2n) is 3.11. The monoisotopic (exact) mass is 192 g/mol. The van der Waals surface area contributed by atoms with Gasteiger partial charge in [-0.1, -0.05) is 0 Å². The quantitative estimate of drug-likeness (QED) is 0.590. The van der Waals surface area contributed by atoms with Crippen molar-refractivity contribution in [3.05, 3.63) is 0 Å². The first-order valence-corrected chi connectivity index (χ1v) is 5.69. The van der Waals surface area contributed by atoms with Gasteiger partial charge in [0.2, 0.25) is 0 Å². The van der Waals surface area contributed by atoms with E-state index in [2.05, 4.69) is 4.74 Å². The number of ether oxygens (including phenoxy) is 1. The standard InChI is InChI=1S/C7H12O4S/c1-11-7(8)6(5-3-4-5)12(2,9)10/h5-6H,3-4H2,1-2H3. The lowest BCUT2D eigenvalue weighted by Gasteiger charge is -2.10. The molecule has 1 unspecified atom stereocenters. The molecule has 0 saturated heterocycles. The Morgan fingerprint density at radius 3 is 2.25 bits per heavy atom. The summed E-state index contributed by atoms with van der Waals surface area (Å²) in [6.07, 6.45) is 2.70. The molecular weight excluding hydrogens is 180 g/mol. The fourth-order valence-corrected chi connectivity index (χ4v) is 2.65. The van der Waals surface area contributed by atoms with Gasteiger partial charge in [0.15, 0.2) is 15.1 Å². The zero-order valence-corrected chi connectivity index (χ0v) is 7.93. The molecule has 1 fully saturated rings. The van der Waals surface area contributed by atoms with Gasteiger partial charge < -0.3 is 4.74 Å². The Morgan fingerprint density at radius 2 is 2.00 bits per heavy atom. The fourth-order valence-electron chi connectivity index (χ4n) is 1.23. The van der Waals surface area contributed by atoms with Crippen molar-refractivity contribution >= 4 is 15.8 Å². The highest BCUT2D eigenvalue weighted by molar-refractivity contribution is 7.92. The molecule has 1 aliphatic rings. The van der Waals surface area contributed by atoms with Gasteiger partial charge in [0.25, 0.3) is 0 Å². The van der Waals surface area contributed by atoms with E-state index < -0.39 is 21.1 Å². The Balaban J connectivity index is 2.81. The summed E-state index contributed by atoms with van der Waals surface area (Å²) in [5.41, 5.74) is 0. The van der Waals surface area contributed by atoms with Crippen molar-refractivity contribution < 1.29 is 17.9 Å². The normalized spacial score (nSPS) is 20.2. The van der Waals surface area contributed by atoms with Crippen LogP contribution in [0.4, 0.5) is 0 Å². The maximum Gasteiger partial charge on any atom is 0.324 e. The minimum Gasteiger partial charge on any atom is -0.468 e. The van der Waals surface area contributed by atoms with Crippen molar-refractivity contribution in [2.75, 3.05) is 13.4 Å². The molecule has 1 aliphatic carbocycles. The molecule has 0 aromatic heterocycles. The van der Waals surface area contributed by atoms with Crippen LogP contribution in [0.1, 0.15) is 12.8 Å². The number of hydrogen-bond donors (Lipinski definition) is 0. The van der Waals surface area contributed by atoms with Crippen LogP contribution >= 0.6 is 0 Å². The minimum absolute atomic E-state index is 0.00699. The van der Waals surface area contributed by atoms with Crippen LogP contribution in [0.2, 0.25) is 0 Å². The summed E-state index contributed by atoms with van der Waals surface area (Å²) in [6.45, 7) is 0. The molecule has 0 radical (unpaired) electrons. The maximum absolute atomic E-state index is 11.1. The average molecular weight is 192 g/mol. The maximum atomic E-state index is 11.1. The number of carbonyl (C=O) groups is 1. The Labute approximate surface area is 71.8 Å². The van der Waals surface area contributed by atoms with Crippen LogP contribution < -0.4 is 0 Å². The third-order valence-electron chi connectivity index (χ3n) is 1.94. The average Bonchev–Trinajstić information content (AvgIpc) is 2.68. The molecule has 70 valence electrons. The lowest BCUT2D eigenvalue weighted by Crippen LogP contribution is -2.32. The third-order valence-corrected chi connectivity index (χ3v) is 3.44. The van der Waals surface area contributed by atoms with Crippen LogP contribution in [0.25, 0.3) is 0 Å². The predicted molar refractivity (Wildman–Crippen MR) is 43.4 cm³/mol. The van der Waals surface area contributed by atoms with E-state index in [9.17, 15) is 13.2 Å². The van der Waals surface area contributed by atoms with E-state index in [0.717, 1.165) is 19.1 Å². The van der Waals surface area contributed by atoms with Crippen LogP contribution in [-0.4, -0.2) is 33.0 Å². The molecule has 0 N–H and O–H groups in total. The number of rotatable bonds is 3. The predicted octanol–water partition coefficient (Wildman–Crippen LogP) is -0.0174. The van der Waals surface area contributed by atoms with Crippen LogP contribution in [-0.2, 0) is 19.4 Å². The Hall–Kier alpha value is -0.580. The summed E-state index contributed by atoms with van der Waals surface area (Å²) in [4.78, 5) is 11.0. The van der Waals surface area contributed by atoms with Crippen LogP contribution in [0, 0.1) is 5.92 Å². The smallest absolute Gasteiger partial charge is 0.324 e. The van der Waals surface area contributed by atoms with Gasteiger partial charge in [-0.25, -0.2) is 8.42 Å². The Kier molecular flexibility index (Phi) is 2.41. The molecule has 0 aliphatic heterocycles. The number of hydrogen-bond acceptors (Lipinski definition) is 4. The van der Waals surface area contributed by atoms with E-state index in [1.54, 1.807) is 0 Å². The van der Waals surface area contributed by atoms with Crippen molar-refractivity contribution in [2.45, 2.75) is 18.1 Å². The van der Waals surface area contributed by atoms with Crippen LogP contribution in [0.15, 0.2) is 0 Å². The fraction of sp³-hybridized carbons (Fsp3) is 0.857. The molecular formula is C7H12O4S. The summed E-state index contributed by atoms with van der Waals surface area (Å²) < 4.78 is 26.6. The highest BCUT2D eigenvalue weighted by Crippen LogP contribution is 2.36. The molecule has 0 bridgehead atoms. The van der Waals surface area contributed by atoms with E-state index in [1.165, 1.54) is 7.11 Å². The van der Waals surface area contributed by atoms with E-state index in [1.807, 2.05) is 0 Å². The molecule has 0 spiro atoms. The van der Waals surface area contributed by atoms with Gasteiger partial charge in [0.05, 0.1) is 7.11 Å². The molecule has 0 aromatic carbocycles. The summed E-state index contributed by atoms with van der Waals surface area (Å²) in [6, 6.07) is 0. The number of carbonyl (C=O) groups excluding carboxylic acids is 1. The molecule has 1 saturated carbocycles. The topological polar surface area (TPSA) is 60.4 Å². The molecule has 12 heavy (non-hydrogen) atoms. The first-order chi connectivity index (χ1) is 5.46. The molecule has 1 atom stereocenters. The Morgan fingerprint density at radius 1 is 1.50 bits per heavy atom. The lowest BCUT2D eigenvalue weighted by molar-refractivity contribution is -0.140. The van der Waals surface area contributed by atoms with E-state index in [-0.39, 0.29) is 5.92 Å². The van der Waals surface area contributed by atoms with Crippen molar-refractivity contribution in [3.63, 3.8) is 0 Å². The van der Waals surface area contributed by atoms with Crippen LogP contribution in [0.3, 0.4) is 0 Å². The van der Waals surface area contributed by atoms with Crippen molar-refractivity contribution in [1.82, 2.24) is 0 Å². The Bertz CT molecular complexity index is 276. The molecule has 1 rings (SSSR count).